The first-order valence-corrected chi connectivity index (χ1v) is 9.48. The van der Waals surface area contributed by atoms with E-state index < -0.39 is 13.4 Å². The summed E-state index contributed by atoms with van der Waals surface area (Å²) >= 11 is 1.41. The summed E-state index contributed by atoms with van der Waals surface area (Å²) in [6.45, 7) is 0. The molecule has 1 N–H and O–H groups in total. The molecular formula is C15H17N2O5PS. The number of anilines is 1. The SMILES string of the molecule is COc1ccc2nc(N[C@@H](c3ccco3)P(=O)(OC)OC)sc2c1. The number of aromatic nitrogens is 1. The lowest BCUT2D eigenvalue weighted by molar-refractivity contribution is 0.264. The molecule has 128 valence electrons. The van der Waals surface area contributed by atoms with Gasteiger partial charge in [-0.15, -0.1) is 0 Å². The van der Waals surface area contributed by atoms with Gasteiger partial charge in [0.25, 0.3) is 0 Å². The Morgan fingerprint density at radius 1 is 1.25 bits per heavy atom. The van der Waals surface area contributed by atoms with Crippen LogP contribution in [0, 0.1) is 0 Å². The first-order valence-electron chi connectivity index (χ1n) is 7.05. The number of furan rings is 1. The summed E-state index contributed by atoms with van der Waals surface area (Å²) in [5.74, 6) is 0.392. The minimum atomic E-state index is -3.47. The first kappa shape index (κ1) is 17.0. The average molecular weight is 368 g/mol. The van der Waals surface area contributed by atoms with Crippen LogP contribution in [-0.4, -0.2) is 26.3 Å². The zero-order valence-corrected chi connectivity index (χ0v) is 15.1. The summed E-state index contributed by atoms with van der Waals surface area (Å²) < 4.78 is 34.7. The van der Waals surface area contributed by atoms with Gasteiger partial charge in [0.2, 0.25) is 0 Å². The lowest BCUT2D eigenvalue weighted by Gasteiger charge is -2.23. The molecule has 0 radical (unpaired) electrons. The number of fused-ring (bicyclic) bond motifs is 1. The molecule has 2 heterocycles. The highest BCUT2D eigenvalue weighted by atomic mass is 32.1. The second-order valence-corrected chi connectivity index (χ2v) is 8.18. The minimum Gasteiger partial charge on any atom is -0.497 e. The van der Waals surface area contributed by atoms with Crippen LogP contribution in [0.1, 0.15) is 11.5 Å². The number of ether oxygens (including phenoxy) is 1. The number of rotatable bonds is 7. The van der Waals surface area contributed by atoms with Gasteiger partial charge in [0.1, 0.15) is 11.5 Å². The van der Waals surface area contributed by atoms with Crippen molar-refractivity contribution in [3.8, 4) is 5.75 Å². The van der Waals surface area contributed by atoms with Crippen molar-refractivity contribution >= 4 is 34.3 Å². The van der Waals surface area contributed by atoms with Crippen LogP contribution in [0.2, 0.25) is 0 Å². The third-order valence-corrected chi connectivity index (χ3v) is 6.48. The zero-order chi connectivity index (χ0) is 17.2. The average Bonchev–Trinajstić information content (AvgIpc) is 3.27. The van der Waals surface area contributed by atoms with E-state index >= 15 is 0 Å². The molecule has 2 aromatic heterocycles. The van der Waals surface area contributed by atoms with Gasteiger partial charge in [0.05, 0.1) is 23.6 Å². The molecule has 0 aliphatic carbocycles. The van der Waals surface area contributed by atoms with Crippen LogP contribution >= 0.6 is 18.9 Å². The van der Waals surface area contributed by atoms with E-state index in [1.807, 2.05) is 18.2 Å². The highest BCUT2D eigenvalue weighted by Gasteiger charge is 2.38. The van der Waals surface area contributed by atoms with Crippen molar-refractivity contribution in [1.29, 1.82) is 0 Å². The van der Waals surface area contributed by atoms with Crippen molar-refractivity contribution in [3.05, 3.63) is 42.4 Å². The third-order valence-electron chi connectivity index (χ3n) is 3.49. The monoisotopic (exact) mass is 368 g/mol. The summed E-state index contributed by atoms with van der Waals surface area (Å²) in [6, 6.07) is 9.02. The third kappa shape index (κ3) is 3.18. The maximum Gasteiger partial charge on any atom is 0.360 e. The number of nitrogens with one attached hydrogen (secondary N) is 1. The van der Waals surface area contributed by atoms with E-state index in [1.54, 1.807) is 19.2 Å². The summed E-state index contributed by atoms with van der Waals surface area (Å²) in [5.41, 5.74) is 0.811. The zero-order valence-electron chi connectivity index (χ0n) is 13.4. The van der Waals surface area contributed by atoms with Crippen LogP contribution < -0.4 is 10.1 Å². The Balaban J connectivity index is 1.97. The molecule has 0 unspecified atom stereocenters. The number of hydrogen-bond acceptors (Lipinski definition) is 8. The summed E-state index contributed by atoms with van der Waals surface area (Å²) in [4.78, 5) is 4.50. The topological polar surface area (TPSA) is 82.8 Å². The molecule has 0 spiro atoms. The quantitative estimate of drug-likeness (QED) is 0.615. The van der Waals surface area contributed by atoms with Crippen LogP contribution in [0.5, 0.6) is 5.75 Å². The fourth-order valence-corrected chi connectivity index (χ4v) is 4.57. The van der Waals surface area contributed by atoms with Gasteiger partial charge in [-0.05, 0) is 30.3 Å². The summed E-state index contributed by atoms with van der Waals surface area (Å²) in [6.07, 6.45) is 1.50. The molecule has 1 aromatic carbocycles. The molecule has 0 aliphatic heterocycles. The maximum atomic E-state index is 12.9. The smallest absolute Gasteiger partial charge is 0.360 e. The normalized spacial score (nSPS) is 13.1. The number of methoxy groups -OCH3 is 1. The molecule has 3 aromatic rings. The van der Waals surface area contributed by atoms with Crippen molar-refractivity contribution in [3.63, 3.8) is 0 Å². The molecule has 0 saturated carbocycles. The summed E-state index contributed by atoms with van der Waals surface area (Å²) in [7, 11) is 0.823. The van der Waals surface area contributed by atoms with Gasteiger partial charge in [0.15, 0.2) is 10.9 Å². The first-order chi connectivity index (χ1) is 11.6. The highest BCUT2D eigenvalue weighted by Crippen LogP contribution is 2.60. The Labute approximate surface area is 143 Å². The predicted molar refractivity (Wildman–Crippen MR) is 92.9 cm³/mol. The van der Waals surface area contributed by atoms with E-state index in [-0.39, 0.29) is 0 Å². The predicted octanol–water partition coefficient (Wildman–Crippen LogP) is 4.49. The van der Waals surface area contributed by atoms with E-state index in [0.29, 0.717) is 10.9 Å². The summed E-state index contributed by atoms with van der Waals surface area (Å²) in [5, 5.41) is 3.69. The Hall–Kier alpha value is -1.86. The maximum absolute atomic E-state index is 12.9. The van der Waals surface area contributed by atoms with Gasteiger partial charge in [-0.1, -0.05) is 11.3 Å². The largest absolute Gasteiger partial charge is 0.497 e. The van der Waals surface area contributed by atoms with Crippen LogP contribution in [-0.2, 0) is 13.6 Å². The van der Waals surface area contributed by atoms with Gasteiger partial charge >= 0.3 is 7.60 Å². The molecule has 9 heteroatoms. The molecule has 0 aliphatic rings. The highest BCUT2D eigenvalue weighted by molar-refractivity contribution is 7.54. The molecule has 0 amide bonds. The Bertz CT molecular complexity index is 856. The Kier molecular flexibility index (Phi) is 4.91. The van der Waals surface area contributed by atoms with Crippen LogP contribution in [0.3, 0.4) is 0 Å². The van der Waals surface area contributed by atoms with Gasteiger partial charge in [-0.3, -0.25) is 4.57 Å². The number of hydrogen-bond donors (Lipinski definition) is 1. The standard InChI is InChI=1S/C15H17N2O5PS/c1-19-10-6-7-11-13(9-10)24-15(16-11)17-14(12-5-4-8-22-12)23(18,20-2)21-3/h4-9,14H,1-3H3,(H,16,17)/t14-/m1/s1. The second kappa shape index (κ2) is 6.94. The molecular weight excluding hydrogens is 351 g/mol. The fourth-order valence-electron chi connectivity index (χ4n) is 2.25. The molecule has 7 nitrogen and oxygen atoms in total. The van der Waals surface area contributed by atoms with Crippen molar-refractivity contribution in [2.75, 3.05) is 26.6 Å². The van der Waals surface area contributed by atoms with Gasteiger partial charge in [0, 0.05) is 14.2 Å². The molecule has 0 fully saturated rings. The van der Waals surface area contributed by atoms with Crippen LogP contribution in [0.4, 0.5) is 5.13 Å². The van der Waals surface area contributed by atoms with Crippen molar-refractivity contribution in [2.24, 2.45) is 0 Å². The number of thiazole rings is 1. The second-order valence-electron chi connectivity index (χ2n) is 4.82. The lowest BCUT2D eigenvalue weighted by Crippen LogP contribution is -2.12. The number of benzene rings is 1. The Morgan fingerprint density at radius 2 is 2.04 bits per heavy atom. The van der Waals surface area contributed by atoms with E-state index in [1.165, 1.54) is 31.8 Å². The van der Waals surface area contributed by atoms with Gasteiger partial charge in [-0.25, -0.2) is 4.98 Å². The lowest BCUT2D eigenvalue weighted by atomic mass is 10.3. The molecule has 24 heavy (non-hydrogen) atoms. The molecule has 3 rings (SSSR count). The van der Waals surface area contributed by atoms with Gasteiger partial charge in [-0.2, -0.15) is 0 Å². The Morgan fingerprint density at radius 3 is 2.67 bits per heavy atom. The number of nitrogens with zero attached hydrogens (tertiary/aromatic N) is 1. The molecule has 1 atom stereocenters. The van der Waals surface area contributed by atoms with E-state index in [2.05, 4.69) is 10.3 Å². The van der Waals surface area contributed by atoms with E-state index in [0.717, 1.165) is 16.0 Å². The van der Waals surface area contributed by atoms with Crippen molar-refractivity contribution in [2.45, 2.75) is 5.78 Å². The van der Waals surface area contributed by atoms with E-state index in [4.69, 9.17) is 18.2 Å². The molecule has 0 saturated heterocycles. The van der Waals surface area contributed by atoms with Crippen molar-refractivity contribution in [1.82, 2.24) is 4.98 Å². The van der Waals surface area contributed by atoms with E-state index in [9.17, 15) is 4.57 Å². The van der Waals surface area contributed by atoms with Crippen LogP contribution in [0.15, 0.2) is 41.0 Å². The van der Waals surface area contributed by atoms with Crippen LogP contribution in [0.25, 0.3) is 10.2 Å². The van der Waals surface area contributed by atoms with Gasteiger partial charge < -0.3 is 23.5 Å². The fraction of sp³-hybridized carbons (Fsp3) is 0.267. The minimum absolute atomic E-state index is 0.443. The van der Waals surface area contributed by atoms with Crippen molar-refractivity contribution < 1.29 is 22.8 Å². The molecule has 0 bridgehead atoms.